The molecule has 88 valence electrons. The topological polar surface area (TPSA) is 20.3 Å². The van der Waals surface area contributed by atoms with Gasteiger partial charge in [0.05, 0.1) is 0 Å². The second kappa shape index (κ2) is 5.33. The van der Waals surface area contributed by atoms with Crippen LogP contribution in [0.15, 0.2) is 23.3 Å². The minimum Gasteiger partial charge on any atom is -0.343 e. The molecule has 1 heterocycles. The minimum absolute atomic E-state index is 0.352. The normalized spacial score (nSPS) is 20.7. The van der Waals surface area contributed by atoms with Gasteiger partial charge in [-0.05, 0) is 39.0 Å². The molecule has 0 aromatic carbocycles. The SMILES string of the molecule is CC1=CC=C(CCC(=O)N2CCCCC2)C1. The first-order valence-electron chi connectivity index (χ1n) is 6.39. The lowest BCUT2D eigenvalue weighted by molar-refractivity contribution is -0.132. The van der Waals surface area contributed by atoms with E-state index in [2.05, 4.69) is 19.1 Å². The molecule has 0 atom stereocenters. The van der Waals surface area contributed by atoms with Crippen LogP contribution < -0.4 is 0 Å². The Hall–Kier alpha value is -1.05. The van der Waals surface area contributed by atoms with E-state index in [1.54, 1.807) is 0 Å². The molecule has 0 unspecified atom stereocenters. The van der Waals surface area contributed by atoms with Crippen molar-refractivity contribution in [3.05, 3.63) is 23.3 Å². The zero-order chi connectivity index (χ0) is 11.4. The lowest BCUT2D eigenvalue weighted by Crippen LogP contribution is -2.35. The standard InChI is InChI=1S/C14H21NO/c1-12-5-6-13(11-12)7-8-14(16)15-9-3-2-4-10-15/h5-6H,2-4,7-11H2,1H3. The summed E-state index contributed by atoms with van der Waals surface area (Å²) in [5.74, 6) is 0.352. The number of piperidine rings is 1. The van der Waals surface area contributed by atoms with Crippen LogP contribution in [0.5, 0.6) is 0 Å². The van der Waals surface area contributed by atoms with Crippen molar-refractivity contribution >= 4 is 5.91 Å². The highest BCUT2D eigenvalue weighted by atomic mass is 16.2. The van der Waals surface area contributed by atoms with Gasteiger partial charge in [-0.25, -0.2) is 0 Å². The largest absolute Gasteiger partial charge is 0.343 e. The van der Waals surface area contributed by atoms with Crippen molar-refractivity contribution in [1.82, 2.24) is 4.90 Å². The van der Waals surface area contributed by atoms with Crippen molar-refractivity contribution in [3.63, 3.8) is 0 Å². The predicted molar refractivity (Wildman–Crippen MR) is 66.1 cm³/mol. The van der Waals surface area contributed by atoms with Gasteiger partial charge in [-0.3, -0.25) is 4.79 Å². The second-order valence-corrected chi connectivity index (χ2v) is 4.96. The summed E-state index contributed by atoms with van der Waals surface area (Å²) in [6.45, 7) is 4.11. The highest BCUT2D eigenvalue weighted by Gasteiger charge is 2.16. The van der Waals surface area contributed by atoms with Crippen LogP contribution in [-0.4, -0.2) is 23.9 Å². The first-order valence-corrected chi connectivity index (χ1v) is 6.39. The summed E-state index contributed by atoms with van der Waals surface area (Å²) in [5.41, 5.74) is 2.84. The van der Waals surface area contributed by atoms with E-state index in [0.717, 1.165) is 25.9 Å². The maximum absolute atomic E-state index is 11.9. The fraction of sp³-hybridized carbons (Fsp3) is 0.643. The Balaban J connectivity index is 1.71. The smallest absolute Gasteiger partial charge is 0.222 e. The molecule has 1 fully saturated rings. The minimum atomic E-state index is 0.352. The molecule has 0 aromatic rings. The number of amides is 1. The first kappa shape index (κ1) is 11.4. The zero-order valence-corrected chi connectivity index (χ0v) is 10.2. The molecule has 1 saturated heterocycles. The van der Waals surface area contributed by atoms with Gasteiger partial charge in [-0.15, -0.1) is 0 Å². The molecule has 2 rings (SSSR count). The average Bonchev–Trinajstić information content (AvgIpc) is 2.73. The Morgan fingerprint density at radius 3 is 2.62 bits per heavy atom. The van der Waals surface area contributed by atoms with E-state index in [4.69, 9.17) is 0 Å². The molecular formula is C14H21NO. The van der Waals surface area contributed by atoms with Crippen molar-refractivity contribution < 1.29 is 4.79 Å². The fourth-order valence-electron chi connectivity index (χ4n) is 2.48. The third-order valence-electron chi connectivity index (χ3n) is 3.48. The molecule has 0 aromatic heterocycles. The third-order valence-corrected chi connectivity index (χ3v) is 3.48. The molecule has 2 heteroatoms. The van der Waals surface area contributed by atoms with E-state index in [0.29, 0.717) is 12.3 Å². The summed E-state index contributed by atoms with van der Waals surface area (Å²) in [4.78, 5) is 14.0. The third kappa shape index (κ3) is 2.97. The molecule has 0 saturated carbocycles. The fourth-order valence-corrected chi connectivity index (χ4v) is 2.48. The molecule has 1 aliphatic carbocycles. The first-order chi connectivity index (χ1) is 7.75. The van der Waals surface area contributed by atoms with Crippen LogP contribution in [-0.2, 0) is 4.79 Å². The molecule has 2 aliphatic rings. The van der Waals surface area contributed by atoms with E-state index < -0.39 is 0 Å². The van der Waals surface area contributed by atoms with Crippen molar-refractivity contribution in [1.29, 1.82) is 0 Å². The van der Waals surface area contributed by atoms with Crippen LogP contribution in [0.1, 0.15) is 45.4 Å². The molecular weight excluding hydrogens is 198 g/mol. The van der Waals surface area contributed by atoms with E-state index in [1.807, 2.05) is 4.90 Å². The van der Waals surface area contributed by atoms with Gasteiger partial charge in [0.2, 0.25) is 5.91 Å². The van der Waals surface area contributed by atoms with Crippen LogP contribution in [0.4, 0.5) is 0 Å². The Kier molecular flexibility index (Phi) is 3.81. The monoisotopic (exact) mass is 219 g/mol. The van der Waals surface area contributed by atoms with Crippen LogP contribution >= 0.6 is 0 Å². The van der Waals surface area contributed by atoms with Gasteiger partial charge in [0.25, 0.3) is 0 Å². The molecule has 0 bridgehead atoms. The van der Waals surface area contributed by atoms with Gasteiger partial charge in [0.15, 0.2) is 0 Å². The summed E-state index contributed by atoms with van der Waals surface area (Å²) in [5, 5.41) is 0. The van der Waals surface area contributed by atoms with Crippen LogP contribution in [0, 0.1) is 0 Å². The maximum Gasteiger partial charge on any atom is 0.222 e. The lowest BCUT2D eigenvalue weighted by atomic mass is 10.1. The van der Waals surface area contributed by atoms with Gasteiger partial charge in [0, 0.05) is 19.5 Å². The maximum atomic E-state index is 11.9. The van der Waals surface area contributed by atoms with Crippen LogP contribution in [0.3, 0.4) is 0 Å². The van der Waals surface area contributed by atoms with E-state index in [1.165, 1.54) is 30.4 Å². The Labute approximate surface area is 98.0 Å². The van der Waals surface area contributed by atoms with E-state index >= 15 is 0 Å². The summed E-state index contributed by atoms with van der Waals surface area (Å²) >= 11 is 0. The highest BCUT2D eigenvalue weighted by Crippen LogP contribution is 2.22. The summed E-state index contributed by atoms with van der Waals surface area (Å²) in [6, 6.07) is 0. The number of carbonyl (C=O) groups is 1. The summed E-state index contributed by atoms with van der Waals surface area (Å²) in [7, 11) is 0. The van der Waals surface area contributed by atoms with Gasteiger partial charge < -0.3 is 4.90 Å². The van der Waals surface area contributed by atoms with E-state index in [-0.39, 0.29) is 0 Å². The van der Waals surface area contributed by atoms with Gasteiger partial charge in [-0.2, -0.15) is 0 Å². The van der Waals surface area contributed by atoms with Crippen LogP contribution in [0.2, 0.25) is 0 Å². The summed E-state index contributed by atoms with van der Waals surface area (Å²) < 4.78 is 0. The Morgan fingerprint density at radius 1 is 1.25 bits per heavy atom. The van der Waals surface area contributed by atoms with E-state index in [9.17, 15) is 4.79 Å². The van der Waals surface area contributed by atoms with Crippen molar-refractivity contribution in [2.45, 2.75) is 45.4 Å². The number of nitrogens with zero attached hydrogens (tertiary/aromatic N) is 1. The zero-order valence-electron chi connectivity index (χ0n) is 10.2. The number of likely N-dealkylation sites (tertiary alicyclic amines) is 1. The number of hydrogen-bond donors (Lipinski definition) is 0. The number of hydrogen-bond acceptors (Lipinski definition) is 1. The molecule has 16 heavy (non-hydrogen) atoms. The second-order valence-electron chi connectivity index (χ2n) is 4.96. The quantitative estimate of drug-likeness (QED) is 0.714. The highest BCUT2D eigenvalue weighted by molar-refractivity contribution is 5.76. The molecule has 0 N–H and O–H groups in total. The van der Waals surface area contributed by atoms with Crippen molar-refractivity contribution in [2.75, 3.05) is 13.1 Å². The molecule has 2 nitrogen and oxygen atoms in total. The van der Waals surface area contributed by atoms with Gasteiger partial charge in [0.1, 0.15) is 0 Å². The molecule has 0 radical (unpaired) electrons. The Bertz CT molecular complexity index is 322. The molecule has 1 aliphatic heterocycles. The van der Waals surface area contributed by atoms with Crippen LogP contribution in [0.25, 0.3) is 0 Å². The summed E-state index contributed by atoms with van der Waals surface area (Å²) in [6.07, 6.45) is 10.7. The van der Waals surface area contributed by atoms with Gasteiger partial charge >= 0.3 is 0 Å². The van der Waals surface area contributed by atoms with Crippen molar-refractivity contribution in [2.24, 2.45) is 0 Å². The number of carbonyl (C=O) groups excluding carboxylic acids is 1. The van der Waals surface area contributed by atoms with Crippen molar-refractivity contribution in [3.8, 4) is 0 Å². The van der Waals surface area contributed by atoms with Gasteiger partial charge in [-0.1, -0.05) is 23.3 Å². The predicted octanol–water partition coefficient (Wildman–Crippen LogP) is 3.06. The average molecular weight is 219 g/mol. The molecule has 1 amide bonds. The number of allylic oxidation sites excluding steroid dienone is 4. The lowest BCUT2D eigenvalue weighted by Gasteiger charge is -2.26. The Morgan fingerprint density at radius 2 is 2.00 bits per heavy atom. The number of rotatable bonds is 3. The molecule has 0 spiro atoms.